The minimum Gasteiger partial charge on any atom is -0.428 e. The largest absolute Gasteiger partial charge is 0.573 e. The topological polar surface area (TPSA) is 111 Å². The molecule has 184 valence electrons. The quantitative estimate of drug-likeness (QED) is 0.183. The normalized spacial score (nSPS) is 12.6. The highest BCUT2D eigenvalue weighted by Gasteiger charge is 2.30. The van der Waals surface area contributed by atoms with Crippen LogP contribution in [0, 0.1) is 12.3 Å². The summed E-state index contributed by atoms with van der Waals surface area (Å²) in [5.41, 5.74) is 7.71. The van der Waals surface area contributed by atoms with Crippen LogP contribution in [0.5, 0.6) is 5.75 Å². The predicted molar refractivity (Wildman–Crippen MR) is 129 cm³/mol. The number of ether oxygens (including phenoxy) is 2. The maximum absolute atomic E-state index is 12.2. The molecule has 0 radical (unpaired) electrons. The Morgan fingerprint density at radius 2 is 1.83 bits per heavy atom. The van der Waals surface area contributed by atoms with Crippen LogP contribution in [0.1, 0.15) is 17.2 Å². The molecule has 3 rings (SSSR count). The second-order valence-corrected chi connectivity index (χ2v) is 7.26. The number of halogens is 4. The molecule has 0 saturated heterocycles. The van der Waals surface area contributed by atoms with E-state index >= 15 is 0 Å². The van der Waals surface area contributed by atoms with E-state index in [1.165, 1.54) is 24.4 Å². The number of aliphatic imine (C=N–C) groups is 2. The van der Waals surface area contributed by atoms with Crippen molar-refractivity contribution in [3.63, 3.8) is 0 Å². The van der Waals surface area contributed by atoms with Gasteiger partial charge in [0.15, 0.2) is 6.10 Å². The van der Waals surface area contributed by atoms with Crippen LogP contribution < -0.4 is 15.8 Å². The van der Waals surface area contributed by atoms with Gasteiger partial charge in [0.1, 0.15) is 23.1 Å². The fourth-order valence-corrected chi connectivity index (χ4v) is 2.80. The van der Waals surface area contributed by atoms with Gasteiger partial charge in [-0.05, 0) is 60.7 Å². The monoisotopic (exact) mass is 515 g/mol. The van der Waals surface area contributed by atoms with Crippen LogP contribution in [-0.4, -0.2) is 29.6 Å². The summed E-state index contributed by atoms with van der Waals surface area (Å²) in [7, 11) is 0. The number of terminal acetylenes is 1. The van der Waals surface area contributed by atoms with E-state index in [0.29, 0.717) is 22.5 Å². The van der Waals surface area contributed by atoms with Gasteiger partial charge in [-0.3, -0.25) is 5.32 Å². The Labute approximate surface area is 208 Å². The zero-order valence-corrected chi connectivity index (χ0v) is 19.0. The molecule has 1 unspecified atom stereocenters. The third kappa shape index (κ3) is 8.03. The molecule has 1 amide bonds. The van der Waals surface area contributed by atoms with Gasteiger partial charge >= 0.3 is 12.5 Å². The van der Waals surface area contributed by atoms with Gasteiger partial charge in [-0.1, -0.05) is 17.5 Å². The number of alkyl halides is 3. The molecule has 3 aromatic rings. The molecule has 0 aliphatic carbocycles. The number of carbonyl (C=O) groups is 1. The van der Waals surface area contributed by atoms with E-state index in [1.807, 2.05) is 0 Å². The Balaban J connectivity index is 1.56. The lowest BCUT2D eigenvalue weighted by Gasteiger charge is -2.13. The third-order valence-electron chi connectivity index (χ3n) is 4.33. The number of benzene rings is 2. The summed E-state index contributed by atoms with van der Waals surface area (Å²) in [5.74, 6) is 2.12. The Hall–Kier alpha value is -4.56. The highest BCUT2D eigenvalue weighted by molar-refractivity contribution is 6.29. The van der Waals surface area contributed by atoms with Crippen LogP contribution in [0.25, 0.3) is 0 Å². The minimum atomic E-state index is -4.77. The Morgan fingerprint density at radius 1 is 1.14 bits per heavy atom. The molecule has 0 saturated carbocycles. The highest BCUT2D eigenvalue weighted by atomic mass is 35.5. The lowest BCUT2D eigenvalue weighted by Crippen LogP contribution is -2.17. The summed E-state index contributed by atoms with van der Waals surface area (Å²) >= 11 is 5.74. The molecule has 12 heteroatoms. The molecule has 3 N–H and O–H groups in total. The fourth-order valence-electron chi connectivity index (χ4n) is 2.69. The van der Waals surface area contributed by atoms with E-state index in [-0.39, 0.29) is 16.7 Å². The lowest BCUT2D eigenvalue weighted by molar-refractivity contribution is -0.274. The Morgan fingerprint density at radius 3 is 2.42 bits per heavy atom. The fraction of sp³-hybridized carbons (Fsp3) is 0.0833. The van der Waals surface area contributed by atoms with E-state index < -0.39 is 18.6 Å². The van der Waals surface area contributed by atoms with Gasteiger partial charge in [-0.2, -0.15) is 0 Å². The number of hydrogen-bond acceptors (Lipinski definition) is 5. The molecular weight excluding hydrogens is 499 g/mol. The molecule has 1 atom stereocenters. The average molecular weight is 516 g/mol. The van der Waals surface area contributed by atoms with Crippen molar-refractivity contribution in [2.45, 2.75) is 12.5 Å². The SMILES string of the molecule is C#CC(OC(=O)Nc1ccc(C(N)=NC=Nc2ccc(OC(F)(F)F)cc2)cc1)c1ccc(Cl)nc1. The second kappa shape index (κ2) is 11.7. The number of rotatable bonds is 7. The van der Waals surface area contributed by atoms with Crippen LogP contribution in [0.2, 0.25) is 5.15 Å². The van der Waals surface area contributed by atoms with Crippen LogP contribution in [-0.2, 0) is 4.74 Å². The van der Waals surface area contributed by atoms with Gasteiger partial charge in [-0.25, -0.2) is 19.8 Å². The van der Waals surface area contributed by atoms with E-state index in [0.717, 1.165) is 18.5 Å². The summed E-state index contributed by atoms with van der Waals surface area (Å²) in [6.45, 7) is 0. The van der Waals surface area contributed by atoms with Gasteiger partial charge in [0.25, 0.3) is 0 Å². The zero-order valence-electron chi connectivity index (χ0n) is 18.2. The molecule has 0 bridgehead atoms. The van der Waals surface area contributed by atoms with Gasteiger partial charge in [0, 0.05) is 23.0 Å². The van der Waals surface area contributed by atoms with Crippen molar-refractivity contribution >= 4 is 41.2 Å². The molecule has 1 aromatic heterocycles. The average Bonchev–Trinajstić information content (AvgIpc) is 2.84. The van der Waals surface area contributed by atoms with E-state index in [4.69, 9.17) is 28.5 Å². The van der Waals surface area contributed by atoms with E-state index in [2.05, 4.69) is 30.9 Å². The van der Waals surface area contributed by atoms with Gasteiger partial charge in [0.05, 0.1) is 5.69 Å². The number of hydrogen-bond donors (Lipinski definition) is 2. The summed E-state index contributed by atoms with van der Waals surface area (Å²) < 4.78 is 45.6. The molecule has 36 heavy (non-hydrogen) atoms. The predicted octanol–water partition coefficient (Wildman–Crippen LogP) is 5.62. The Bertz CT molecular complexity index is 1290. The highest BCUT2D eigenvalue weighted by Crippen LogP contribution is 2.25. The first kappa shape index (κ1) is 26.1. The van der Waals surface area contributed by atoms with Crippen LogP contribution in [0.3, 0.4) is 0 Å². The molecular formula is C24H17ClF3N5O3. The number of nitrogens with one attached hydrogen (secondary N) is 1. The summed E-state index contributed by atoms with van der Waals surface area (Å²) in [5, 5.41) is 2.83. The molecule has 8 nitrogen and oxygen atoms in total. The second-order valence-electron chi connectivity index (χ2n) is 6.87. The molecule has 2 aromatic carbocycles. The van der Waals surface area contributed by atoms with Crippen LogP contribution in [0.15, 0.2) is 76.8 Å². The lowest BCUT2D eigenvalue weighted by atomic mass is 10.2. The number of carbonyl (C=O) groups excluding carboxylic acids is 1. The number of amides is 1. The maximum atomic E-state index is 12.2. The number of anilines is 1. The zero-order chi connectivity index (χ0) is 26.1. The number of nitrogens with zero attached hydrogens (tertiary/aromatic N) is 3. The van der Waals surface area contributed by atoms with Crippen molar-refractivity contribution in [1.82, 2.24) is 4.98 Å². The first-order chi connectivity index (χ1) is 17.1. The van der Waals surface area contributed by atoms with Crippen molar-refractivity contribution in [3.8, 4) is 18.1 Å². The number of aromatic nitrogens is 1. The van der Waals surface area contributed by atoms with Crippen molar-refractivity contribution in [2.75, 3.05) is 5.32 Å². The van der Waals surface area contributed by atoms with E-state index in [1.54, 1.807) is 30.3 Å². The first-order valence-corrected chi connectivity index (χ1v) is 10.4. The summed E-state index contributed by atoms with van der Waals surface area (Å²) in [6.07, 6.45) is 1.51. The van der Waals surface area contributed by atoms with Gasteiger partial charge < -0.3 is 15.2 Å². The minimum absolute atomic E-state index is 0.118. The summed E-state index contributed by atoms with van der Waals surface area (Å²) in [4.78, 5) is 24.1. The van der Waals surface area contributed by atoms with Gasteiger partial charge in [0.2, 0.25) is 0 Å². The van der Waals surface area contributed by atoms with Crippen molar-refractivity contribution in [1.29, 1.82) is 0 Å². The molecule has 0 spiro atoms. The molecule has 0 aliphatic rings. The number of amidine groups is 1. The first-order valence-electron chi connectivity index (χ1n) is 10.0. The van der Waals surface area contributed by atoms with Crippen LogP contribution in [0.4, 0.5) is 29.3 Å². The molecule has 0 aliphatic heterocycles. The van der Waals surface area contributed by atoms with Crippen molar-refractivity contribution in [2.24, 2.45) is 15.7 Å². The standard InChI is InChI=1S/C24H17ClF3N5O3/c1-2-20(16-5-12-21(25)30-13-16)35-23(34)33-18-6-3-15(4-7-18)22(29)32-14-31-17-8-10-19(11-9-17)36-24(26,27)28/h1,3-14,20H,(H,33,34)(H2,29,31,32). The van der Waals surface area contributed by atoms with Gasteiger partial charge in [-0.15, -0.1) is 19.6 Å². The Kier molecular flexibility index (Phi) is 8.48. The molecule has 0 fully saturated rings. The molecule has 1 heterocycles. The van der Waals surface area contributed by atoms with E-state index in [9.17, 15) is 18.0 Å². The van der Waals surface area contributed by atoms with Crippen molar-refractivity contribution < 1.29 is 27.4 Å². The summed E-state index contributed by atoms with van der Waals surface area (Å²) in [6, 6.07) is 14.4. The maximum Gasteiger partial charge on any atom is 0.573 e. The number of nitrogens with two attached hydrogens (primary N) is 1. The van der Waals surface area contributed by atoms with Crippen LogP contribution >= 0.6 is 11.6 Å². The smallest absolute Gasteiger partial charge is 0.428 e. The third-order valence-corrected chi connectivity index (χ3v) is 4.55. The number of pyridine rings is 1. The van der Waals surface area contributed by atoms with Crippen molar-refractivity contribution in [3.05, 3.63) is 83.1 Å².